The van der Waals surface area contributed by atoms with Crippen molar-refractivity contribution in [2.45, 2.75) is 26.1 Å². The van der Waals surface area contributed by atoms with Gasteiger partial charge in [0.15, 0.2) is 5.76 Å². The van der Waals surface area contributed by atoms with Gasteiger partial charge in [-0.3, -0.25) is 4.79 Å². The minimum Gasteiger partial charge on any atom is -0.489 e. The van der Waals surface area contributed by atoms with Gasteiger partial charge in [0.05, 0.1) is 12.4 Å². The fourth-order valence-electron chi connectivity index (χ4n) is 2.76. The van der Waals surface area contributed by atoms with Crippen molar-refractivity contribution in [1.29, 1.82) is 0 Å². The number of carbonyl (C=O) groups is 1. The lowest BCUT2D eigenvalue weighted by Gasteiger charge is -2.13. The molecule has 5 nitrogen and oxygen atoms in total. The second kappa shape index (κ2) is 10.3. The lowest BCUT2D eigenvalue weighted by molar-refractivity contribution is 0.0633. The number of rotatable bonds is 10. The highest BCUT2D eigenvalue weighted by molar-refractivity contribution is 5.92. The van der Waals surface area contributed by atoms with Crippen LogP contribution in [0.25, 0.3) is 0 Å². The van der Waals surface area contributed by atoms with Gasteiger partial charge in [-0.15, -0.1) is 0 Å². The Balaban J connectivity index is 1.39. The standard InChI is InChI=1S/C23H25NO4/c1-18(19-9-4-2-5-10-19)26-15-8-14-24-23(25)22-20(13-16-27-22)17-28-21-11-6-3-7-12-21/h2-7,9-13,16,18H,8,14-15,17H2,1H3,(H,24,25). The van der Waals surface area contributed by atoms with Crippen LogP contribution in [0.2, 0.25) is 0 Å². The molecule has 2 aromatic carbocycles. The molecular formula is C23H25NO4. The summed E-state index contributed by atoms with van der Waals surface area (Å²) < 4.78 is 16.9. The third kappa shape index (κ3) is 5.72. The SMILES string of the molecule is CC(OCCCNC(=O)c1occc1COc1ccccc1)c1ccccc1. The van der Waals surface area contributed by atoms with Gasteiger partial charge in [-0.1, -0.05) is 48.5 Å². The number of carbonyl (C=O) groups excluding carboxylic acids is 1. The van der Waals surface area contributed by atoms with Crippen LogP contribution in [0, 0.1) is 0 Å². The highest BCUT2D eigenvalue weighted by atomic mass is 16.5. The van der Waals surface area contributed by atoms with Gasteiger partial charge in [-0.05, 0) is 37.1 Å². The second-order valence-corrected chi connectivity index (χ2v) is 6.41. The molecule has 0 bridgehead atoms. The Kier molecular flexibility index (Phi) is 7.27. The average Bonchev–Trinajstić information content (AvgIpc) is 3.22. The van der Waals surface area contributed by atoms with E-state index in [9.17, 15) is 4.79 Å². The molecule has 1 atom stereocenters. The van der Waals surface area contributed by atoms with Crippen LogP contribution < -0.4 is 10.1 Å². The predicted molar refractivity (Wildman–Crippen MR) is 107 cm³/mol. The maximum absolute atomic E-state index is 12.4. The van der Waals surface area contributed by atoms with Crippen LogP contribution in [0.3, 0.4) is 0 Å². The van der Waals surface area contributed by atoms with E-state index in [0.29, 0.717) is 13.2 Å². The minimum atomic E-state index is -0.243. The molecular weight excluding hydrogens is 354 g/mol. The van der Waals surface area contributed by atoms with Crippen molar-refractivity contribution in [3.8, 4) is 5.75 Å². The van der Waals surface area contributed by atoms with E-state index < -0.39 is 0 Å². The first-order valence-electron chi connectivity index (χ1n) is 9.43. The van der Waals surface area contributed by atoms with Gasteiger partial charge in [0.25, 0.3) is 5.91 Å². The summed E-state index contributed by atoms with van der Waals surface area (Å²) in [7, 11) is 0. The number of ether oxygens (including phenoxy) is 2. The van der Waals surface area contributed by atoms with E-state index in [-0.39, 0.29) is 24.4 Å². The molecule has 1 amide bonds. The van der Waals surface area contributed by atoms with Crippen LogP contribution in [-0.4, -0.2) is 19.1 Å². The minimum absolute atomic E-state index is 0.0312. The summed E-state index contributed by atoms with van der Waals surface area (Å²) in [5.74, 6) is 0.794. The molecule has 0 radical (unpaired) electrons. The van der Waals surface area contributed by atoms with Crippen molar-refractivity contribution < 1.29 is 18.7 Å². The molecule has 1 heterocycles. The summed E-state index contributed by atoms with van der Waals surface area (Å²) in [5.41, 5.74) is 1.86. The summed E-state index contributed by atoms with van der Waals surface area (Å²) in [6.07, 6.45) is 2.26. The number of hydrogen-bond donors (Lipinski definition) is 1. The Morgan fingerprint density at radius 2 is 1.75 bits per heavy atom. The molecule has 0 aliphatic heterocycles. The molecule has 28 heavy (non-hydrogen) atoms. The maximum Gasteiger partial charge on any atom is 0.287 e. The first-order chi connectivity index (χ1) is 13.7. The van der Waals surface area contributed by atoms with Crippen LogP contribution in [0.5, 0.6) is 5.75 Å². The third-order valence-electron chi connectivity index (χ3n) is 4.33. The van der Waals surface area contributed by atoms with Crippen LogP contribution in [-0.2, 0) is 11.3 Å². The van der Waals surface area contributed by atoms with E-state index in [0.717, 1.165) is 23.3 Å². The van der Waals surface area contributed by atoms with Gasteiger partial charge < -0.3 is 19.2 Å². The number of hydrogen-bond acceptors (Lipinski definition) is 4. The van der Waals surface area contributed by atoms with Crippen molar-refractivity contribution in [2.24, 2.45) is 0 Å². The van der Waals surface area contributed by atoms with Gasteiger partial charge in [-0.2, -0.15) is 0 Å². The summed E-state index contributed by atoms with van der Waals surface area (Å²) in [6.45, 7) is 3.38. The normalized spacial score (nSPS) is 11.8. The molecule has 0 spiro atoms. The Hall–Kier alpha value is -3.05. The predicted octanol–water partition coefficient (Wildman–Crippen LogP) is 4.76. The number of amides is 1. The molecule has 1 unspecified atom stereocenters. The molecule has 1 N–H and O–H groups in total. The molecule has 0 aliphatic rings. The topological polar surface area (TPSA) is 60.7 Å². The molecule has 5 heteroatoms. The Morgan fingerprint density at radius 1 is 1.04 bits per heavy atom. The van der Waals surface area contributed by atoms with Crippen molar-refractivity contribution in [3.05, 3.63) is 89.9 Å². The number of benzene rings is 2. The second-order valence-electron chi connectivity index (χ2n) is 6.41. The van der Waals surface area contributed by atoms with E-state index >= 15 is 0 Å². The summed E-state index contributed by atoms with van der Waals surface area (Å²) in [6, 6.07) is 21.3. The monoisotopic (exact) mass is 379 g/mol. The van der Waals surface area contributed by atoms with E-state index in [2.05, 4.69) is 5.32 Å². The molecule has 3 rings (SSSR count). The molecule has 0 fully saturated rings. The van der Waals surface area contributed by atoms with Crippen LogP contribution >= 0.6 is 0 Å². The Bertz CT molecular complexity index is 845. The zero-order chi connectivity index (χ0) is 19.6. The van der Waals surface area contributed by atoms with Gasteiger partial charge in [0.2, 0.25) is 0 Å². The fourth-order valence-corrected chi connectivity index (χ4v) is 2.76. The fraction of sp³-hybridized carbons (Fsp3) is 0.261. The van der Waals surface area contributed by atoms with Crippen LogP contribution in [0.15, 0.2) is 77.4 Å². The van der Waals surface area contributed by atoms with Crippen LogP contribution in [0.4, 0.5) is 0 Å². The first-order valence-corrected chi connectivity index (χ1v) is 9.43. The van der Waals surface area contributed by atoms with E-state index in [1.165, 1.54) is 6.26 Å². The number of nitrogens with one attached hydrogen (secondary N) is 1. The maximum atomic E-state index is 12.4. The smallest absolute Gasteiger partial charge is 0.287 e. The lowest BCUT2D eigenvalue weighted by Crippen LogP contribution is -2.26. The van der Waals surface area contributed by atoms with E-state index in [4.69, 9.17) is 13.9 Å². The molecule has 3 aromatic rings. The summed E-state index contributed by atoms with van der Waals surface area (Å²) in [5, 5.41) is 2.87. The zero-order valence-electron chi connectivity index (χ0n) is 16.0. The van der Waals surface area contributed by atoms with Gasteiger partial charge in [-0.25, -0.2) is 0 Å². The Labute approximate surface area is 165 Å². The van der Waals surface area contributed by atoms with Gasteiger partial charge in [0.1, 0.15) is 12.4 Å². The number of para-hydroxylation sites is 1. The molecule has 1 aromatic heterocycles. The zero-order valence-corrected chi connectivity index (χ0v) is 16.0. The first kappa shape index (κ1) is 19.7. The highest BCUT2D eigenvalue weighted by Crippen LogP contribution is 2.17. The lowest BCUT2D eigenvalue weighted by atomic mass is 10.1. The Morgan fingerprint density at radius 3 is 2.50 bits per heavy atom. The summed E-state index contributed by atoms with van der Waals surface area (Å²) >= 11 is 0. The molecule has 0 saturated carbocycles. The average molecular weight is 379 g/mol. The van der Waals surface area contributed by atoms with Gasteiger partial charge >= 0.3 is 0 Å². The van der Waals surface area contributed by atoms with Crippen molar-refractivity contribution in [2.75, 3.05) is 13.2 Å². The van der Waals surface area contributed by atoms with Crippen LogP contribution in [0.1, 0.15) is 41.1 Å². The number of furan rings is 1. The summed E-state index contributed by atoms with van der Waals surface area (Å²) in [4.78, 5) is 12.4. The molecule has 146 valence electrons. The quantitative estimate of drug-likeness (QED) is 0.516. The largest absolute Gasteiger partial charge is 0.489 e. The van der Waals surface area contributed by atoms with Crippen molar-refractivity contribution >= 4 is 5.91 Å². The van der Waals surface area contributed by atoms with Crippen molar-refractivity contribution in [3.63, 3.8) is 0 Å². The van der Waals surface area contributed by atoms with E-state index in [1.807, 2.05) is 67.6 Å². The molecule has 0 aliphatic carbocycles. The van der Waals surface area contributed by atoms with E-state index in [1.54, 1.807) is 6.07 Å². The third-order valence-corrected chi connectivity index (χ3v) is 4.33. The van der Waals surface area contributed by atoms with Crippen molar-refractivity contribution in [1.82, 2.24) is 5.32 Å². The van der Waals surface area contributed by atoms with Gasteiger partial charge in [0, 0.05) is 18.7 Å². The highest BCUT2D eigenvalue weighted by Gasteiger charge is 2.15. The molecule has 0 saturated heterocycles.